The van der Waals surface area contributed by atoms with Crippen LogP contribution in [-0.2, 0) is 17.7 Å². The highest BCUT2D eigenvalue weighted by atomic mass is 32.2. The third-order valence-electron chi connectivity index (χ3n) is 4.41. The second kappa shape index (κ2) is 8.09. The maximum absolute atomic E-state index is 14.9. The summed E-state index contributed by atoms with van der Waals surface area (Å²) < 4.78 is 38.3. The van der Waals surface area contributed by atoms with Gasteiger partial charge in [-0.15, -0.1) is 0 Å². The molecule has 3 N–H and O–H groups in total. The number of ether oxygens (including phenoxy) is 2. The zero-order valence-corrected chi connectivity index (χ0v) is 16.6. The number of benzene rings is 2. The van der Waals surface area contributed by atoms with Crippen molar-refractivity contribution in [2.24, 2.45) is 10.2 Å². The molecule has 0 saturated carbocycles. The Morgan fingerprint density at radius 2 is 1.82 bits per heavy atom. The van der Waals surface area contributed by atoms with Crippen LogP contribution < -0.4 is 20.0 Å². The predicted octanol–water partition coefficient (Wildman–Crippen LogP) is 2.14. The summed E-state index contributed by atoms with van der Waals surface area (Å²) in [5, 5.41) is 9.62. The molecule has 0 fully saturated rings. The fourth-order valence-electron chi connectivity index (χ4n) is 2.94. The molecule has 7 nitrogen and oxygen atoms in total. The minimum absolute atomic E-state index is 0.253. The van der Waals surface area contributed by atoms with Gasteiger partial charge >= 0.3 is 0 Å². The minimum Gasteiger partial charge on any atom is -0.493 e. The maximum atomic E-state index is 14.9. The molecule has 0 bridgehead atoms. The molecule has 1 atom stereocenters. The van der Waals surface area contributed by atoms with E-state index in [9.17, 15) is 8.60 Å². The van der Waals surface area contributed by atoms with Gasteiger partial charge in [-0.25, -0.2) is 18.0 Å². The van der Waals surface area contributed by atoms with Crippen molar-refractivity contribution in [2.45, 2.75) is 6.54 Å². The van der Waals surface area contributed by atoms with Gasteiger partial charge < -0.3 is 9.47 Å². The van der Waals surface area contributed by atoms with Crippen molar-refractivity contribution in [3.63, 3.8) is 0 Å². The summed E-state index contributed by atoms with van der Waals surface area (Å²) in [4.78, 5) is 0. The topological polar surface area (TPSA) is 89.2 Å². The second-order valence-corrected chi connectivity index (χ2v) is 7.36. The van der Waals surface area contributed by atoms with Crippen molar-refractivity contribution in [2.75, 3.05) is 21.3 Å². The van der Waals surface area contributed by atoms with Crippen LogP contribution in [0.5, 0.6) is 11.5 Å². The van der Waals surface area contributed by atoms with E-state index >= 15 is 0 Å². The molecule has 28 heavy (non-hydrogen) atoms. The summed E-state index contributed by atoms with van der Waals surface area (Å²) in [6.07, 6.45) is 0. The fraction of sp³-hybridized carbons (Fsp3) is 0.211. The van der Waals surface area contributed by atoms with Crippen molar-refractivity contribution in [3.05, 3.63) is 65.0 Å². The Labute approximate surface area is 165 Å². The van der Waals surface area contributed by atoms with Crippen LogP contribution in [0.3, 0.4) is 0 Å². The largest absolute Gasteiger partial charge is 0.493 e. The smallest absolute Gasteiger partial charge is 0.167 e. The van der Waals surface area contributed by atoms with Crippen LogP contribution in [0.2, 0.25) is 0 Å². The number of nitrogens with zero attached hydrogens (tertiary/aromatic N) is 2. The zero-order chi connectivity index (χ0) is 20.4. The molecule has 0 amide bonds. The third-order valence-corrected chi connectivity index (χ3v) is 5.15. The van der Waals surface area contributed by atoms with Crippen LogP contribution in [0.15, 0.2) is 42.0 Å². The molecule has 1 heterocycles. The van der Waals surface area contributed by atoms with E-state index in [1.165, 1.54) is 17.5 Å². The highest BCUT2D eigenvalue weighted by Gasteiger charge is 2.24. The molecule has 3 rings (SSSR count). The lowest BCUT2D eigenvalue weighted by Crippen LogP contribution is -2.26. The normalized spacial score (nSPS) is 14.2. The second-order valence-electron chi connectivity index (χ2n) is 6.18. The third kappa shape index (κ3) is 3.77. The first-order valence-electron chi connectivity index (χ1n) is 8.31. The molecular formula is C19H21FN4O3S. The van der Waals surface area contributed by atoms with E-state index in [1.54, 1.807) is 38.4 Å². The number of hydrogen-bond acceptors (Lipinski definition) is 5. The molecule has 2 aromatic rings. The molecule has 0 radical (unpaired) electrons. The number of nitrogens with two attached hydrogens (primary N) is 1. The molecule has 0 aliphatic carbocycles. The van der Waals surface area contributed by atoms with Gasteiger partial charge in [0.2, 0.25) is 0 Å². The molecule has 9 heteroatoms. The van der Waals surface area contributed by atoms with E-state index in [1.807, 2.05) is 0 Å². The van der Waals surface area contributed by atoms with Crippen molar-refractivity contribution >= 4 is 22.6 Å². The van der Waals surface area contributed by atoms with Gasteiger partial charge in [0.15, 0.2) is 22.7 Å². The lowest BCUT2D eigenvalue weighted by atomic mass is 9.93. The van der Waals surface area contributed by atoms with E-state index in [0.29, 0.717) is 39.6 Å². The monoisotopic (exact) mass is 404 g/mol. The molecule has 0 saturated heterocycles. The highest BCUT2D eigenvalue weighted by molar-refractivity contribution is 7.80. The van der Waals surface area contributed by atoms with E-state index in [2.05, 4.69) is 17.1 Å². The van der Waals surface area contributed by atoms with E-state index in [4.69, 9.17) is 14.6 Å². The summed E-state index contributed by atoms with van der Waals surface area (Å²) in [5.74, 6) is 0.592. The molecule has 2 aromatic carbocycles. The highest BCUT2D eigenvalue weighted by Crippen LogP contribution is 2.35. The molecule has 1 aliphatic heterocycles. The van der Waals surface area contributed by atoms with Gasteiger partial charge in [-0.05, 0) is 29.8 Å². The lowest BCUT2D eigenvalue weighted by molar-refractivity contribution is 0.354. The van der Waals surface area contributed by atoms with Crippen LogP contribution in [0, 0.1) is 5.82 Å². The number of halogens is 1. The van der Waals surface area contributed by atoms with Gasteiger partial charge in [-0.3, -0.25) is 5.43 Å². The molecule has 0 spiro atoms. The molecular weight excluding hydrogens is 383 g/mol. The van der Waals surface area contributed by atoms with Gasteiger partial charge in [0.1, 0.15) is 11.5 Å². The Morgan fingerprint density at radius 3 is 2.39 bits per heavy atom. The Bertz CT molecular complexity index is 993. The SMILES string of the molecule is C=C1NN=C(c2ccc(CN(C)S(N)=O)cc2F)c2cc(OC)c(OC)cc21. The van der Waals surface area contributed by atoms with Crippen LogP contribution in [0.25, 0.3) is 5.70 Å². The number of hydrazone groups is 1. The Kier molecular flexibility index (Phi) is 5.78. The van der Waals surface area contributed by atoms with Gasteiger partial charge in [0.25, 0.3) is 0 Å². The summed E-state index contributed by atoms with van der Waals surface area (Å²) in [7, 11) is 4.67. The molecule has 0 aromatic heterocycles. The number of hydrogen-bond donors (Lipinski definition) is 2. The minimum atomic E-state index is -1.63. The fourth-order valence-corrected chi connectivity index (χ4v) is 3.22. The quantitative estimate of drug-likeness (QED) is 0.772. The van der Waals surface area contributed by atoms with Gasteiger partial charge in [-0.1, -0.05) is 12.6 Å². The van der Waals surface area contributed by atoms with Crippen LogP contribution in [-0.4, -0.2) is 35.5 Å². The summed E-state index contributed by atoms with van der Waals surface area (Å²) in [5.41, 5.74) is 6.19. The van der Waals surface area contributed by atoms with Crippen molar-refractivity contribution in [1.82, 2.24) is 9.73 Å². The van der Waals surface area contributed by atoms with E-state index < -0.39 is 17.0 Å². The van der Waals surface area contributed by atoms with Crippen molar-refractivity contribution in [3.8, 4) is 11.5 Å². The predicted molar refractivity (Wildman–Crippen MR) is 108 cm³/mol. The first-order chi connectivity index (χ1) is 13.3. The number of fused-ring (bicyclic) bond motifs is 1. The molecule has 148 valence electrons. The van der Waals surface area contributed by atoms with Gasteiger partial charge in [0.05, 0.1) is 19.9 Å². The van der Waals surface area contributed by atoms with Gasteiger partial charge in [-0.2, -0.15) is 5.10 Å². The average Bonchev–Trinajstić information content (AvgIpc) is 2.68. The Balaban J connectivity index is 2.04. The summed E-state index contributed by atoms with van der Waals surface area (Å²) in [6, 6.07) is 8.28. The van der Waals surface area contributed by atoms with Crippen LogP contribution >= 0.6 is 0 Å². The number of methoxy groups -OCH3 is 2. The van der Waals surface area contributed by atoms with Gasteiger partial charge in [0, 0.05) is 30.3 Å². The van der Waals surface area contributed by atoms with Crippen LogP contribution in [0.1, 0.15) is 22.3 Å². The number of nitrogens with one attached hydrogen (secondary N) is 1. The maximum Gasteiger partial charge on any atom is 0.167 e. The standard InChI is InChI=1S/C19H21FN4O3S/c1-11-14-8-17(26-3)18(27-4)9-15(14)19(23-22-11)13-6-5-12(7-16(13)20)10-24(2)28(21)25/h5-9,22H,1,10,21H2,2-4H3. The molecule has 1 unspecified atom stereocenters. The average molecular weight is 404 g/mol. The zero-order valence-electron chi connectivity index (χ0n) is 15.8. The van der Waals surface area contributed by atoms with E-state index in [-0.39, 0.29) is 6.54 Å². The van der Waals surface area contributed by atoms with Crippen LogP contribution in [0.4, 0.5) is 4.39 Å². The van der Waals surface area contributed by atoms with Crippen molar-refractivity contribution < 1.29 is 18.1 Å². The first-order valence-corrected chi connectivity index (χ1v) is 9.48. The Morgan fingerprint density at radius 1 is 1.18 bits per heavy atom. The summed E-state index contributed by atoms with van der Waals surface area (Å²) >= 11 is -1.63. The Hall–Kier alpha value is -2.75. The summed E-state index contributed by atoms with van der Waals surface area (Å²) in [6.45, 7) is 4.20. The van der Waals surface area contributed by atoms with E-state index in [0.717, 1.165) is 5.56 Å². The lowest BCUT2D eigenvalue weighted by Gasteiger charge is -2.22. The molecule has 1 aliphatic rings. The first kappa shape index (κ1) is 20.0. The van der Waals surface area contributed by atoms with Crippen molar-refractivity contribution in [1.29, 1.82) is 0 Å². The number of rotatable bonds is 6.